The highest BCUT2D eigenvalue weighted by Crippen LogP contribution is 2.41. The summed E-state index contributed by atoms with van der Waals surface area (Å²) in [5.41, 5.74) is 2.39. The Balaban J connectivity index is 1.19. The minimum Gasteiger partial charge on any atom is -0.489 e. The van der Waals surface area contributed by atoms with Gasteiger partial charge in [-0.2, -0.15) is 17.6 Å². The lowest BCUT2D eigenvalue weighted by molar-refractivity contribution is -0.137. The number of rotatable bonds is 11. The third-order valence-electron chi connectivity index (χ3n) is 9.56. The average Bonchev–Trinajstić information content (AvgIpc) is 3.13. The minimum atomic E-state index is -4.72. The molecule has 6 rings (SSSR count). The van der Waals surface area contributed by atoms with Gasteiger partial charge in [-0.3, -0.25) is 24.7 Å². The highest BCUT2D eigenvalue weighted by molar-refractivity contribution is 6.05. The molecule has 290 valence electrons. The second kappa shape index (κ2) is 16.3. The number of hydrogen-bond donors (Lipinski definition) is 4. The number of nitrogens with one attached hydrogen (secondary N) is 4. The first-order valence-corrected chi connectivity index (χ1v) is 17.9. The lowest BCUT2D eigenvalue weighted by Crippen LogP contribution is -2.49. The number of carbonyl (C=O) groups is 3. The van der Waals surface area contributed by atoms with Crippen molar-refractivity contribution >= 4 is 46.4 Å². The van der Waals surface area contributed by atoms with Gasteiger partial charge < -0.3 is 20.7 Å². The van der Waals surface area contributed by atoms with E-state index in [4.69, 9.17) is 4.74 Å². The zero-order valence-corrected chi connectivity index (χ0v) is 30.8. The molecule has 12 nitrogen and oxygen atoms in total. The van der Waals surface area contributed by atoms with Crippen LogP contribution in [0.5, 0.6) is 5.75 Å². The molecule has 0 atom stereocenters. The number of urea groups is 1. The summed E-state index contributed by atoms with van der Waals surface area (Å²) in [5, 5.41) is 10.7. The van der Waals surface area contributed by atoms with Crippen LogP contribution in [0.3, 0.4) is 0 Å². The lowest BCUT2D eigenvalue weighted by atomic mass is 9.86. The molecule has 2 aromatic carbocycles. The molecule has 2 fully saturated rings. The van der Waals surface area contributed by atoms with Gasteiger partial charge in [0.25, 0.3) is 5.91 Å². The maximum absolute atomic E-state index is 14.8. The zero-order valence-electron chi connectivity index (χ0n) is 30.8. The number of imide groups is 1. The van der Waals surface area contributed by atoms with Gasteiger partial charge in [0.2, 0.25) is 11.9 Å². The van der Waals surface area contributed by atoms with Crippen molar-refractivity contribution in [2.75, 3.05) is 42.2 Å². The Bertz CT molecular complexity index is 2090. The van der Waals surface area contributed by atoms with Gasteiger partial charge >= 0.3 is 12.2 Å². The summed E-state index contributed by atoms with van der Waals surface area (Å²) in [6.07, 6.45) is -1.22. The summed E-state index contributed by atoms with van der Waals surface area (Å²) < 4.78 is 63.4. The Morgan fingerprint density at radius 3 is 2.42 bits per heavy atom. The van der Waals surface area contributed by atoms with E-state index in [1.807, 2.05) is 32.9 Å². The third kappa shape index (κ3) is 9.13. The molecule has 2 aliphatic rings. The van der Waals surface area contributed by atoms with Crippen LogP contribution in [0.1, 0.15) is 71.6 Å². The number of carbonyl (C=O) groups excluding carboxylic acids is 3. The fourth-order valence-electron chi connectivity index (χ4n) is 6.85. The van der Waals surface area contributed by atoms with Crippen molar-refractivity contribution in [2.24, 2.45) is 0 Å². The van der Waals surface area contributed by atoms with Crippen LogP contribution in [-0.4, -0.2) is 65.5 Å². The minimum absolute atomic E-state index is 0.127. The first-order valence-electron chi connectivity index (χ1n) is 17.9. The van der Waals surface area contributed by atoms with Crippen molar-refractivity contribution in [3.05, 3.63) is 94.7 Å². The zero-order chi connectivity index (χ0) is 39.4. The summed E-state index contributed by atoms with van der Waals surface area (Å²) >= 11 is 0. The van der Waals surface area contributed by atoms with E-state index in [1.54, 1.807) is 18.2 Å². The predicted molar refractivity (Wildman–Crippen MR) is 200 cm³/mol. The van der Waals surface area contributed by atoms with Crippen molar-refractivity contribution in [3.8, 4) is 5.75 Å². The highest BCUT2D eigenvalue weighted by atomic mass is 19.4. The fourth-order valence-corrected chi connectivity index (χ4v) is 6.85. The van der Waals surface area contributed by atoms with Crippen LogP contribution in [0.25, 0.3) is 0 Å². The summed E-state index contributed by atoms with van der Waals surface area (Å²) in [5.74, 6) is -0.640. The maximum Gasteiger partial charge on any atom is 0.419 e. The number of ether oxygens (including phenoxy) is 1. The number of benzene rings is 2. The predicted octanol–water partition coefficient (Wildman–Crippen LogP) is 7.40. The molecule has 2 aliphatic heterocycles. The molecule has 16 heteroatoms. The van der Waals surface area contributed by atoms with E-state index < -0.39 is 29.6 Å². The van der Waals surface area contributed by atoms with Crippen LogP contribution in [0.4, 0.5) is 50.9 Å². The smallest absolute Gasteiger partial charge is 0.419 e. The fraction of sp³-hybridized carbons (Fsp3) is 0.359. The number of hydrogen-bond acceptors (Lipinski definition) is 9. The van der Waals surface area contributed by atoms with Gasteiger partial charge in [-0.05, 0) is 94.1 Å². The highest BCUT2D eigenvalue weighted by Gasteiger charge is 2.35. The van der Waals surface area contributed by atoms with Crippen LogP contribution in [0.15, 0.2) is 60.9 Å². The van der Waals surface area contributed by atoms with Crippen molar-refractivity contribution < 1.29 is 36.7 Å². The summed E-state index contributed by atoms with van der Waals surface area (Å²) in [7, 11) is 1.44. The lowest BCUT2D eigenvalue weighted by Gasteiger charge is -2.33. The van der Waals surface area contributed by atoms with E-state index in [-0.39, 0.29) is 53.7 Å². The quantitative estimate of drug-likeness (QED) is 0.0909. The Kier molecular flexibility index (Phi) is 11.5. The number of aromatic nitrogens is 2. The Morgan fingerprint density at radius 1 is 0.982 bits per heavy atom. The van der Waals surface area contributed by atoms with Gasteiger partial charge in [-0.1, -0.05) is 12.1 Å². The average molecular weight is 763 g/mol. The molecule has 4 N–H and O–H groups in total. The molecule has 0 bridgehead atoms. The van der Waals surface area contributed by atoms with Gasteiger partial charge in [-0.25, -0.2) is 14.8 Å². The number of pyridine rings is 2. The Labute approximate surface area is 315 Å². The van der Waals surface area contributed by atoms with E-state index in [2.05, 4.69) is 36.1 Å². The number of anilines is 5. The molecular weight excluding hydrogens is 720 g/mol. The molecule has 2 saturated heterocycles. The Morgan fingerprint density at radius 2 is 1.73 bits per heavy atom. The molecule has 2 aromatic heterocycles. The number of likely N-dealkylation sites (tertiary alicyclic amines) is 1. The number of piperidine rings is 1. The van der Waals surface area contributed by atoms with E-state index in [9.17, 15) is 31.9 Å². The van der Waals surface area contributed by atoms with Crippen LogP contribution in [0, 0.1) is 12.9 Å². The van der Waals surface area contributed by atoms with Crippen LogP contribution < -0.4 is 30.9 Å². The van der Waals surface area contributed by atoms with E-state index >= 15 is 0 Å². The van der Waals surface area contributed by atoms with Gasteiger partial charge in [0.05, 0.1) is 46.2 Å². The summed E-state index contributed by atoms with van der Waals surface area (Å²) in [6.45, 7) is 7.54. The van der Waals surface area contributed by atoms with Gasteiger partial charge in [0.15, 0.2) is 0 Å². The monoisotopic (exact) mass is 762 g/mol. The number of nitrogens with zero attached hydrogens (tertiary/aromatic N) is 4. The third-order valence-corrected chi connectivity index (χ3v) is 9.56. The second-order valence-electron chi connectivity index (χ2n) is 13.8. The summed E-state index contributed by atoms with van der Waals surface area (Å²) in [4.78, 5) is 47.8. The largest absolute Gasteiger partial charge is 0.489 e. The molecule has 4 aromatic rings. The van der Waals surface area contributed by atoms with E-state index in [0.717, 1.165) is 30.2 Å². The summed E-state index contributed by atoms with van der Waals surface area (Å²) in [6, 6.07) is 12.4. The Hall–Kier alpha value is -5.77. The van der Waals surface area contributed by atoms with Crippen molar-refractivity contribution in [3.63, 3.8) is 0 Å². The van der Waals surface area contributed by atoms with Crippen LogP contribution in [-0.2, 0) is 17.5 Å². The molecule has 4 amide bonds. The maximum atomic E-state index is 14.8. The van der Waals surface area contributed by atoms with Crippen molar-refractivity contribution in [2.45, 2.75) is 64.8 Å². The normalized spacial score (nSPS) is 15.5. The standard InChI is InChI=1S/C39H42F4N8O4/c1-22(2)55-33-17-28(24-9-12-50(13-10-24)21-25-16-26(19-46-36(25)40)51-14-11-35(52)49-38(51)54)23(3)15-32(33)48-34-18-31(29(20-45-34)39(41,42)43)47-30-8-6-5-7-27(30)37(53)44-4/h5-8,15-20,22,24H,9-14,21H2,1-4H3,(H,44,53)(H2,45,47,48)(H,49,52,54). The van der Waals surface area contributed by atoms with Crippen LogP contribution >= 0.6 is 0 Å². The first kappa shape index (κ1) is 38.9. The van der Waals surface area contributed by atoms with Gasteiger partial charge in [-0.15, -0.1) is 0 Å². The second-order valence-corrected chi connectivity index (χ2v) is 13.8. The SMILES string of the molecule is CNC(=O)c1ccccc1Nc1cc(Nc2cc(C)c(C3CCN(Cc4cc(N5CCC(=O)NC5=O)cnc4F)CC3)cc2OC(C)C)ncc1C(F)(F)F. The molecule has 0 unspecified atom stereocenters. The number of para-hydroxylation sites is 1. The molecular formula is C39H42F4N8O4. The van der Waals surface area contributed by atoms with Crippen molar-refractivity contribution in [1.82, 2.24) is 25.5 Å². The number of amides is 4. The molecule has 0 radical (unpaired) electrons. The van der Waals surface area contributed by atoms with Gasteiger partial charge in [0.1, 0.15) is 11.6 Å². The molecule has 0 spiro atoms. The van der Waals surface area contributed by atoms with Crippen LogP contribution in [0.2, 0.25) is 0 Å². The van der Waals surface area contributed by atoms with Gasteiger partial charge in [0, 0.05) is 44.4 Å². The first-order chi connectivity index (χ1) is 26.2. The van der Waals surface area contributed by atoms with E-state index in [1.165, 1.54) is 36.3 Å². The molecule has 0 aliphatic carbocycles. The number of aryl methyl sites for hydroxylation is 1. The topological polar surface area (TPSA) is 141 Å². The van der Waals surface area contributed by atoms with Crippen molar-refractivity contribution in [1.29, 1.82) is 0 Å². The molecule has 0 saturated carbocycles. The molecule has 55 heavy (non-hydrogen) atoms. The molecule has 4 heterocycles. The number of halogens is 4. The van der Waals surface area contributed by atoms with E-state index in [0.29, 0.717) is 42.3 Å². The number of alkyl halides is 3.